The number of halogens is 2. The molecule has 4 rings (SSSR count). The van der Waals surface area contributed by atoms with Crippen LogP contribution in [-0.4, -0.2) is 21.8 Å². The maximum absolute atomic E-state index is 12.7. The highest BCUT2D eigenvalue weighted by atomic mass is 32.2. The van der Waals surface area contributed by atoms with Crippen LogP contribution in [0.4, 0.5) is 8.78 Å². The molecule has 2 N–H and O–H groups in total. The fourth-order valence-electron chi connectivity index (χ4n) is 3.24. The van der Waals surface area contributed by atoms with Gasteiger partial charge in [-0.3, -0.25) is 4.72 Å². The molecule has 9 heteroatoms. The summed E-state index contributed by atoms with van der Waals surface area (Å²) in [7, 11) is 1.89. The molecule has 1 saturated carbocycles. The lowest BCUT2D eigenvalue weighted by atomic mass is 10.0. The van der Waals surface area contributed by atoms with E-state index in [9.17, 15) is 8.78 Å². The van der Waals surface area contributed by atoms with Gasteiger partial charge >= 0.3 is 0 Å². The number of nitrogens with zero attached hydrogens (tertiary/aromatic N) is 3. The molecule has 0 aliphatic heterocycles. The van der Waals surface area contributed by atoms with Crippen LogP contribution in [0.5, 0.6) is 11.8 Å². The summed E-state index contributed by atoms with van der Waals surface area (Å²) in [5.41, 5.74) is 2.86. The summed E-state index contributed by atoms with van der Waals surface area (Å²) in [5.74, 6) is 0.764. The van der Waals surface area contributed by atoms with Crippen LogP contribution < -0.4 is 14.2 Å². The lowest BCUT2D eigenvalue weighted by Gasteiger charge is -2.17. The van der Waals surface area contributed by atoms with Gasteiger partial charge in [0.15, 0.2) is 0 Å². The monoisotopic (exact) mass is 431 g/mol. The predicted molar refractivity (Wildman–Crippen MR) is 113 cm³/mol. The highest BCUT2D eigenvalue weighted by Gasteiger charge is 2.44. The van der Waals surface area contributed by atoms with Gasteiger partial charge in [-0.15, -0.1) is 0 Å². The van der Waals surface area contributed by atoms with Crippen LogP contribution in [0.3, 0.4) is 0 Å². The quantitative estimate of drug-likeness (QED) is 0.462. The molecule has 1 aliphatic rings. The summed E-state index contributed by atoms with van der Waals surface area (Å²) in [5, 5.41) is 4.65. The van der Waals surface area contributed by atoms with Crippen LogP contribution in [0.15, 0.2) is 48.7 Å². The molecule has 3 aromatic rings. The van der Waals surface area contributed by atoms with E-state index in [1.54, 1.807) is 4.68 Å². The van der Waals surface area contributed by atoms with Gasteiger partial charge < -0.3 is 4.74 Å². The van der Waals surface area contributed by atoms with Gasteiger partial charge in [-0.25, -0.2) is 23.2 Å². The van der Waals surface area contributed by atoms with E-state index in [0.717, 1.165) is 30.3 Å². The first kappa shape index (κ1) is 20.8. The van der Waals surface area contributed by atoms with Gasteiger partial charge in [0.05, 0.1) is 11.2 Å². The minimum absolute atomic E-state index is 0.00724. The Balaban J connectivity index is 1.57. The Hall–Kier alpha value is -2.49. The van der Waals surface area contributed by atoms with Crippen LogP contribution in [0.1, 0.15) is 37.3 Å². The first-order valence-corrected chi connectivity index (χ1v) is 10.6. The number of alkyl halides is 2. The second-order valence-corrected chi connectivity index (χ2v) is 7.90. The number of ether oxygens (including phenoxy) is 1. The van der Waals surface area contributed by atoms with E-state index in [2.05, 4.69) is 31.7 Å². The lowest BCUT2D eigenvalue weighted by Crippen LogP contribution is -2.25. The molecule has 0 spiro atoms. The summed E-state index contributed by atoms with van der Waals surface area (Å²) in [6.07, 6.45) is 0.747. The molecule has 158 valence electrons. The Morgan fingerprint density at radius 1 is 1.23 bits per heavy atom. The van der Waals surface area contributed by atoms with Gasteiger partial charge in [0.25, 0.3) is 6.43 Å². The predicted octanol–water partition coefficient (Wildman–Crippen LogP) is 5.06. The van der Waals surface area contributed by atoms with E-state index in [1.165, 1.54) is 29.8 Å². The maximum atomic E-state index is 12.7. The van der Waals surface area contributed by atoms with Crippen molar-refractivity contribution in [2.24, 2.45) is 0 Å². The van der Waals surface area contributed by atoms with Crippen LogP contribution in [-0.2, 0) is 12.1 Å². The molecule has 2 heterocycles. The first-order valence-electron chi connectivity index (χ1n) is 9.75. The minimum atomic E-state index is -2.55. The molecule has 0 atom stereocenters. The molecule has 0 bridgehead atoms. The second-order valence-electron chi connectivity index (χ2n) is 7.09. The topological polar surface area (TPSA) is 64.0 Å². The third-order valence-corrected chi connectivity index (χ3v) is 5.77. The SMILES string of the molecule is CCn1nc(-c2cccc(C3(NSNC)CC3)c2)cc1Oc1ccc(C(F)F)cn1. The molecule has 1 aliphatic carbocycles. The summed E-state index contributed by atoms with van der Waals surface area (Å²) >= 11 is 1.49. The molecule has 30 heavy (non-hydrogen) atoms. The highest BCUT2D eigenvalue weighted by Crippen LogP contribution is 2.47. The average Bonchev–Trinajstić information content (AvgIpc) is 3.46. The van der Waals surface area contributed by atoms with Crippen molar-refractivity contribution >= 4 is 12.1 Å². The zero-order chi connectivity index (χ0) is 21.1. The molecule has 1 fully saturated rings. The number of aromatic nitrogens is 3. The van der Waals surface area contributed by atoms with Crippen LogP contribution in [0, 0.1) is 0 Å². The minimum Gasteiger partial charge on any atom is -0.421 e. The molecule has 0 radical (unpaired) electrons. The number of benzene rings is 1. The zero-order valence-electron chi connectivity index (χ0n) is 16.7. The molecule has 2 aromatic heterocycles. The molecular weight excluding hydrogens is 408 g/mol. The van der Waals surface area contributed by atoms with E-state index in [-0.39, 0.29) is 17.0 Å². The van der Waals surface area contributed by atoms with Crippen molar-refractivity contribution in [1.29, 1.82) is 0 Å². The number of hydrogen-bond donors (Lipinski definition) is 2. The number of hydrogen-bond acceptors (Lipinski definition) is 6. The summed E-state index contributed by atoms with van der Waals surface area (Å²) in [4.78, 5) is 3.98. The van der Waals surface area contributed by atoms with Gasteiger partial charge in [0.2, 0.25) is 11.8 Å². The van der Waals surface area contributed by atoms with Crippen molar-refractivity contribution in [1.82, 2.24) is 24.2 Å². The van der Waals surface area contributed by atoms with Crippen molar-refractivity contribution in [3.8, 4) is 23.0 Å². The smallest absolute Gasteiger partial charge is 0.265 e. The van der Waals surface area contributed by atoms with E-state index >= 15 is 0 Å². The number of pyridine rings is 1. The van der Waals surface area contributed by atoms with E-state index in [1.807, 2.05) is 32.2 Å². The van der Waals surface area contributed by atoms with Gasteiger partial charge in [0.1, 0.15) is 0 Å². The number of nitrogens with one attached hydrogen (secondary N) is 2. The Morgan fingerprint density at radius 2 is 2.07 bits per heavy atom. The Morgan fingerprint density at radius 3 is 2.70 bits per heavy atom. The average molecular weight is 432 g/mol. The lowest BCUT2D eigenvalue weighted by molar-refractivity contribution is 0.151. The van der Waals surface area contributed by atoms with Crippen LogP contribution in [0.2, 0.25) is 0 Å². The Bertz CT molecular complexity index is 1000. The second kappa shape index (κ2) is 8.71. The third-order valence-electron chi connectivity index (χ3n) is 5.07. The molecule has 0 saturated heterocycles. The molecule has 6 nitrogen and oxygen atoms in total. The van der Waals surface area contributed by atoms with Crippen LogP contribution in [0.25, 0.3) is 11.3 Å². The third kappa shape index (κ3) is 4.33. The van der Waals surface area contributed by atoms with E-state index in [4.69, 9.17) is 4.74 Å². The normalized spacial score (nSPS) is 14.8. The van der Waals surface area contributed by atoms with Crippen LogP contribution >= 0.6 is 12.1 Å². The molecule has 0 amide bonds. The summed E-state index contributed by atoms with van der Waals surface area (Å²) < 4.78 is 39.5. The number of aryl methyl sites for hydroxylation is 1. The van der Waals surface area contributed by atoms with Crippen molar-refractivity contribution < 1.29 is 13.5 Å². The van der Waals surface area contributed by atoms with E-state index in [0.29, 0.717) is 12.4 Å². The highest BCUT2D eigenvalue weighted by molar-refractivity contribution is 7.95. The standard InChI is InChI=1S/C21H23F2N5OS/c1-3-28-19(29-18-8-7-15(13-25-18)20(22)23)12-17(26-28)14-5-4-6-16(11-14)21(9-10-21)27-30-24-2/h4-8,11-13,20,24,27H,3,9-10H2,1-2H3. The van der Waals surface area contributed by atoms with Crippen molar-refractivity contribution in [3.63, 3.8) is 0 Å². The Labute approximate surface area is 178 Å². The van der Waals surface area contributed by atoms with Crippen molar-refractivity contribution in [2.45, 2.75) is 38.3 Å². The van der Waals surface area contributed by atoms with E-state index < -0.39 is 6.43 Å². The zero-order valence-corrected chi connectivity index (χ0v) is 17.5. The molecule has 0 unspecified atom stereocenters. The largest absolute Gasteiger partial charge is 0.421 e. The number of rotatable bonds is 9. The molecular formula is C21H23F2N5OS. The van der Waals surface area contributed by atoms with Gasteiger partial charge in [-0.2, -0.15) is 5.10 Å². The summed E-state index contributed by atoms with van der Waals surface area (Å²) in [6, 6.07) is 12.9. The van der Waals surface area contributed by atoms with Gasteiger partial charge in [-0.1, -0.05) is 18.2 Å². The molecule has 1 aromatic carbocycles. The first-order chi connectivity index (χ1) is 14.5. The van der Waals surface area contributed by atoms with Crippen molar-refractivity contribution in [3.05, 3.63) is 59.8 Å². The van der Waals surface area contributed by atoms with Crippen molar-refractivity contribution in [2.75, 3.05) is 7.05 Å². The van der Waals surface area contributed by atoms with Gasteiger partial charge in [0, 0.05) is 48.1 Å². The summed E-state index contributed by atoms with van der Waals surface area (Å²) in [6.45, 7) is 2.57. The Kier molecular flexibility index (Phi) is 6.03. The van der Waals surface area contributed by atoms with Gasteiger partial charge in [-0.05, 0) is 44.5 Å². The fourth-order valence-corrected chi connectivity index (χ4v) is 3.86. The maximum Gasteiger partial charge on any atom is 0.265 e. The fraction of sp³-hybridized carbons (Fsp3) is 0.333.